The van der Waals surface area contributed by atoms with E-state index in [1.54, 1.807) is 11.3 Å². The van der Waals surface area contributed by atoms with Gasteiger partial charge < -0.3 is 5.32 Å². The Hall–Kier alpha value is -1.23. The molecule has 0 aromatic carbocycles. The second-order valence-corrected chi connectivity index (χ2v) is 6.24. The highest BCUT2D eigenvalue weighted by molar-refractivity contribution is 7.07. The fourth-order valence-corrected chi connectivity index (χ4v) is 2.71. The van der Waals surface area contributed by atoms with E-state index in [0.29, 0.717) is 6.04 Å². The zero-order valence-electron chi connectivity index (χ0n) is 12.5. The van der Waals surface area contributed by atoms with Crippen LogP contribution in [0.1, 0.15) is 30.8 Å². The van der Waals surface area contributed by atoms with E-state index in [4.69, 9.17) is 4.98 Å². The summed E-state index contributed by atoms with van der Waals surface area (Å²) in [6.45, 7) is 6.99. The lowest BCUT2D eigenvalue weighted by Gasteiger charge is -2.16. The molecule has 4 heteroatoms. The van der Waals surface area contributed by atoms with Crippen molar-refractivity contribution in [3.8, 4) is 0 Å². The van der Waals surface area contributed by atoms with Crippen molar-refractivity contribution in [3.63, 3.8) is 0 Å². The molecular weight excluding hydrogens is 266 g/mol. The van der Waals surface area contributed by atoms with E-state index >= 15 is 0 Å². The molecule has 2 aromatic rings. The number of pyridine rings is 1. The van der Waals surface area contributed by atoms with Crippen molar-refractivity contribution in [2.45, 2.75) is 39.5 Å². The highest BCUT2D eigenvalue weighted by atomic mass is 32.1. The van der Waals surface area contributed by atoms with Crippen LogP contribution in [0.15, 0.2) is 35.0 Å². The van der Waals surface area contributed by atoms with E-state index in [-0.39, 0.29) is 0 Å². The molecule has 0 bridgehead atoms. The van der Waals surface area contributed by atoms with Gasteiger partial charge in [-0.3, -0.25) is 9.88 Å². The molecule has 0 saturated heterocycles. The van der Waals surface area contributed by atoms with Gasteiger partial charge in [0.2, 0.25) is 0 Å². The van der Waals surface area contributed by atoms with E-state index in [2.05, 4.69) is 66.1 Å². The Bertz CT molecular complexity index is 508. The molecule has 0 radical (unpaired) electrons. The van der Waals surface area contributed by atoms with Crippen molar-refractivity contribution in [2.75, 3.05) is 7.05 Å². The maximum absolute atomic E-state index is 4.71. The molecule has 0 atom stereocenters. The molecule has 2 rings (SSSR count). The summed E-state index contributed by atoms with van der Waals surface area (Å²) in [6.07, 6.45) is 0. The first kappa shape index (κ1) is 15.2. The molecule has 108 valence electrons. The third-order valence-electron chi connectivity index (χ3n) is 3.02. The topological polar surface area (TPSA) is 28.2 Å². The minimum atomic E-state index is 0.488. The molecular formula is C16H23N3S. The van der Waals surface area contributed by atoms with Gasteiger partial charge in [0.05, 0.1) is 11.4 Å². The number of nitrogens with zero attached hydrogens (tertiary/aromatic N) is 2. The van der Waals surface area contributed by atoms with Crippen molar-refractivity contribution in [2.24, 2.45) is 0 Å². The standard InChI is InChI=1S/C16H23N3S/c1-13(2)17-9-15-5-4-6-16(18-15)11-19(3)10-14-7-8-20-12-14/h4-8,12-13,17H,9-11H2,1-3H3. The zero-order valence-corrected chi connectivity index (χ0v) is 13.3. The van der Waals surface area contributed by atoms with E-state index in [1.165, 1.54) is 5.56 Å². The summed E-state index contributed by atoms with van der Waals surface area (Å²) in [6, 6.07) is 8.94. The van der Waals surface area contributed by atoms with Gasteiger partial charge in [0.1, 0.15) is 0 Å². The van der Waals surface area contributed by atoms with Crippen LogP contribution in [0.2, 0.25) is 0 Å². The number of hydrogen-bond donors (Lipinski definition) is 1. The minimum Gasteiger partial charge on any atom is -0.309 e. The van der Waals surface area contributed by atoms with Gasteiger partial charge in [0, 0.05) is 25.7 Å². The van der Waals surface area contributed by atoms with Crippen LogP contribution in [0.5, 0.6) is 0 Å². The predicted octanol–water partition coefficient (Wildman–Crippen LogP) is 3.27. The molecule has 20 heavy (non-hydrogen) atoms. The predicted molar refractivity (Wildman–Crippen MR) is 85.7 cm³/mol. The fourth-order valence-electron chi connectivity index (χ4n) is 2.05. The first-order chi connectivity index (χ1) is 9.63. The van der Waals surface area contributed by atoms with Crippen LogP contribution in [-0.2, 0) is 19.6 Å². The Morgan fingerprint density at radius 2 is 2.00 bits per heavy atom. The molecule has 0 spiro atoms. The Kier molecular flexibility index (Phi) is 5.71. The molecule has 0 unspecified atom stereocenters. The number of aromatic nitrogens is 1. The van der Waals surface area contributed by atoms with Crippen LogP contribution in [0.4, 0.5) is 0 Å². The van der Waals surface area contributed by atoms with Crippen LogP contribution < -0.4 is 5.32 Å². The van der Waals surface area contributed by atoms with Gasteiger partial charge in [-0.15, -0.1) is 0 Å². The van der Waals surface area contributed by atoms with Crippen LogP contribution in [0.25, 0.3) is 0 Å². The van der Waals surface area contributed by atoms with Crippen LogP contribution >= 0.6 is 11.3 Å². The van der Waals surface area contributed by atoms with Gasteiger partial charge in [-0.1, -0.05) is 19.9 Å². The second kappa shape index (κ2) is 7.53. The molecule has 0 amide bonds. The molecule has 2 aromatic heterocycles. The number of nitrogens with one attached hydrogen (secondary N) is 1. The zero-order chi connectivity index (χ0) is 14.4. The SMILES string of the molecule is CC(C)NCc1cccc(CN(C)Cc2ccsc2)n1. The van der Waals surface area contributed by atoms with Gasteiger partial charge in [-0.05, 0) is 41.6 Å². The first-order valence-corrected chi connectivity index (χ1v) is 7.95. The van der Waals surface area contributed by atoms with Crippen molar-refractivity contribution >= 4 is 11.3 Å². The van der Waals surface area contributed by atoms with Crippen LogP contribution in [0.3, 0.4) is 0 Å². The number of hydrogen-bond acceptors (Lipinski definition) is 4. The van der Waals surface area contributed by atoms with Gasteiger partial charge in [-0.25, -0.2) is 0 Å². The maximum atomic E-state index is 4.71. The summed E-state index contributed by atoms with van der Waals surface area (Å²) >= 11 is 1.75. The Labute approximate surface area is 125 Å². The molecule has 0 aliphatic rings. The van der Waals surface area contributed by atoms with E-state index < -0.39 is 0 Å². The monoisotopic (exact) mass is 289 g/mol. The normalized spacial score (nSPS) is 11.4. The highest BCUT2D eigenvalue weighted by Gasteiger charge is 2.04. The summed E-state index contributed by atoms with van der Waals surface area (Å²) < 4.78 is 0. The fraction of sp³-hybridized carbons (Fsp3) is 0.438. The molecule has 0 saturated carbocycles. The van der Waals surface area contributed by atoms with Crippen molar-refractivity contribution in [1.29, 1.82) is 0 Å². The summed E-state index contributed by atoms with van der Waals surface area (Å²) in [5.41, 5.74) is 3.61. The molecule has 1 N–H and O–H groups in total. The lowest BCUT2D eigenvalue weighted by atomic mass is 10.2. The molecule has 0 aliphatic carbocycles. The Morgan fingerprint density at radius 1 is 1.20 bits per heavy atom. The third-order valence-corrected chi connectivity index (χ3v) is 3.75. The van der Waals surface area contributed by atoms with Crippen molar-refractivity contribution in [1.82, 2.24) is 15.2 Å². The highest BCUT2D eigenvalue weighted by Crippen LogP contribution is 2.10. The average Bonchev–Trinajstić information content (AvgIpc) is 2.89. The van der Waals surface area contributed by atoms with Gasteiger partial charge >= 0.3 is 0 Å². The minimum absolute atomic E-state index is 0.488. The van der Waals surface area contributed by atoms with Crippen LogP contribution in [0, 0.1) is 0 Å². The number of rotatable bonds is 7. The van der Waals surface area contributed by atoms with E-state index in [0.717, 1.165) is 31.0 Å². The van der Waals surface area contributed by atoms with E-state index in [9.17, 15) is 0 Å². The Balaban J connectivity index is 1.90. The average molecular weight is 289 g/mol. The van der Waals surface area contributed by atoms with Crippen LogP contribution in [-0.4, -0.2) is 23.0 Å². The summed E-state index contributed by atoms with van der Waals surface area (Å²) in [7, 11) is 2.14. The summed E-state index contributed by atoms with van der Waals surface area (Å²) in [5.74, 6) is 0. The van der Waals surface area contributed by atoms with E-state index in [1.807, 2.05) is 0 Å². The van der Waals surface area contributed by atoms with Crippen molar-refractivity contribution < 1.29 is 0 Å². The van der Waals surface area contributed by atoms with Crippen molar-refractivity contribution in [3.05, 3.63) is 52.0 Å². The van der Waals surface area contributed by atoms with Gasteiger partial charge in [-0.2, -0.15) is 11.3 Å². The van der Waals surface area contributed by atoms with Gasteiger partial charge in [0.15, 0.2) is 0 Å². The van der Waals surface area contributed by atoms with Gasteiger partial charge in [0.25, 0.3) is 0 Å². The third kappa shape index (κ3) is 5.04. The molecule has 0 aliphatic heterocycles. The lowest BCUT2D eigenvalue weighted by Crippen LogP contribution is -2.23. The second-order valence-electron chi connectivity index (χ2n) is 5.46. The summed E-state index contributed by atoms with van der Waals surface area (Å²) in [5, 5.41) is 7.73. The summed E-state index contributed by atoms with van der Waals surface area (Å²) in [4.78, 5) is 7.01. The smallest absolute Gasteiger partial charge is 0.0547 e. The molecule has 0 fully saturated rings. The Morgan fingerprint density at radius 3 is 2.70 bits per heavy atom. The maximum Gasteiger partial charge on any atom is 0.0547 e. The lowest BCUT2D eigenvalue weighted by molar-refractivity contribution is 0.315. The largest absolute Gasteiger partial charge is 0.309 e. The molecule has 2 heterocycles. The molecule has 3 nitrogen and oxygen atoms in total. The first-order valence-electron chi connectivity index (χ1n) is 7.01. The number of thiophene rings is 1. The quantitative estimate of drug-likeness (QED) is 0.848.